The number of amides is 1. The monoisotopic (exact) mass is 375 g/mol. The second-order valence-corrected chi connectivity index (χ2v) is 8.45. The van der Waals surface area contributed by atoms with Crippen molar-refractivity contribution in [3.63, 3.8) is 0 Å². The predicted octanol–water partition coefficient (Wildman–Crippen LogP) is 0.0412. The van der Waals surface area contributed by atoms with E-state index in [9.17, 15) is 13.2 Å². The van der Waals surface area contributed by atoms with E-state index in [-0.39, 0.29) is 10.8 Å². The Kier molecular flexibility index (Phi) is 4.29. The summed E-state index contributed by atoms with van der Waals surface area (Å²) in [5, 5.41) is 6.00. The molecule has 1 unspecified atom stereocenters. The Morgan fingerprint density at radius 1 is 1.27 bits per heavy atom. The van der Waals surface area contributed by atoms with E-state index in [4.69, 9.17) is 0 Å². The molecular formula is C17H21N5O3S. The van der Waals surface area contributed by atoms with Crippen LogP contribution < -0.4 is 10.6 Å². The summed E-state index contributed by atoms with van der Waals surface area (Å²) in [4.78, 5) is 16.6. The first-order valence-electron chi connectivity index (χ1n) is 8.59. The van der Waals surface area contributed by atoms with Crippen molar-refractivity contribution in [2.75, 3.05) is 26.2 Å². The van der Waals surface area contributed by atoms with Gasteiger partial charge in [0.05, 0.1) is 10.9 Å². The molecule has 0 radical (unpaired) electrons. The smallest absolute Gasteiger partial charge is 0.251 e. The van der Waals surface area contributed by atoms with Crippen molar-refractivity contribution in [2.24, 2.45) is 7.05 Å². The van der Waals surface area contributed by atoms with Gasteiger partial charge < -0.3 is 15.2 Å². The van der Waals surface area contributed by atoms with Crippen LogP contribution >= 0.6 is 0 Å². The van der Waals surface area contributed by atoms with Gasteiger partial charge in [-0.1, -0.05) is 6.07 Å². The molecule has 9 heteroatoms. The molecule has 1 aromatic carbocycles. The first-order chi connectivity index (χ1) is 12.5. The maximum absolute atomic E-state index is 13.3. The third-order valence-electron chi connectivity index (χ3n) is 4.96. The number of sulfonamides is 1. The molecule has 2 N–H and O–H groups in total. The van der Waals surface area contributed by atoms with Gasteiger partial charge in [0.1, 0.15) is 5.82 Å². The van der Waals surface area contributed by atoms with E-state index >= 15 is 0 Å². The van der Waals surface area contributed by atoms with Crippen LogP contribution in [0, 0.1) is 0 Å². The summed E-state index contributed by atoms with van der Waals surface area (Å²) in [5.41, 5.74) is 1.33. The van der Waals surface area contributed by atoms with Gasteiger partial charge in [-0.3, -0.25) is 4.79 Å². The van der Waals surface area contributed by atoms with E-state index in [0.717, 1.165) is 5.56 Å². The molecule has 2 aromatic rings. The Morgan fingerprint density at radius 2 is 2.12 bits per heavy atom. The molecule has 8 nitrogen and oxygen atoms in total. The number of hydrogen-bond donors (Lipinski definition) is 2. The molecule has 0 spiro atoms. The lowest BCUT2D eigenvalue weighted by atomic mass is 10.0. The Balaban J connectivity index is 1.74. The van der Waals surface area contributed by atoms with Gasteiger partial charge >= 0.3 is 0 Å². The average molecular weight is 375 g/mol. The molecule has 1 aromatic heterocycles. The van der Waals surface area contributed by atoms with E-state index < -0.39 is 16.1 Å². The number of nitrogens with zero attached hydrogens (tertiary/aromatic N) is 3. The second kappa shape index (κ2) is 6.49. The van der Waals surface area contributed by atoms with Crippen molar-refractivity contribution < 1.29 is 13.2 Å². The number of aryl methyl sites for hydroxylation is 1. The van der Waals surface area contributed by atoms with Crippen molar-refractivity contribution in [1.29, 1.82) is 0 Å². The first kappa shape index (κ1) is 17.2. The zero-order valence-corrected chi connectivity index (χ0v) is 15.3. The largest absolute Gasteiger partial charge is 0.352 e. The van der Waals surface area contributed by atoms with Crippen molar-refractivity contribution in [3.8, 4) is 0 Å². The number of benzene rings is 1. The van der Waals surface area contributed by atoms with Gasteiger partial charge in [0.25, 0.3) is 5.91 Å². The number of aromatic nitrogens is 2. The van der Waals surface area contributed by atoms with Crippen LogP contribution in [0.2, 0.25) is 0 Å². The molecule has 1 fully saturated rings. The molecule has 1 amide bonds. The van der Waals surface area contributed by atoms with Crippen LogP contribution in [0.1, 0.15) is 27.8 Å². The Labute approximate surface area is 152 Å². The average Bonchev–Trinajstić information content (AvgIpc) is 3.07. The molecular weight excluding hydrogens is 354 g/mol. The summed E-state index contributed by atoms with van der Waals surface area (Å²) >= 11 is 0. The number of carbonyl (C=O) groups is 1. The molecule has 0 bridgehead atoms. The van der Waals surface area contributed by atoms with E-state index in [0.29, 0.717) is 44.0 Å². The van der Waals surface area contributed by atoms with Gasteiger partial charge in [-0.25, -0.2) is 13.4 Å². The first-order valence-corrected chi connectivity index (χ1v) is 10.0. The summed E-state index contributed by atoms with van der Waals surface area (Å²) in [6.07, 6.45) is 4.18. The third-order valence-corrected chi connectivity index (χ3v) is 6.87. The highest BCUT2D eigenvalue weighted by molar-refractivity contribution is 7.89. The number of carbonyl (C=O) groups excluding carboxylic acids is 1. The van der Waals surface area contributed by atoms with Gasteiger partial charge in [-0.2, -0.15) is 4.31 Å². The fourth-order valence-electron chi connectivity index (χ4n) is 3.58. The van der Waals surface area contributed by atoms with Gasteiger partial charge in [-0.15, -0.1) is 0 Å². The normalized spacial score (nSPS) is 21.3. The number of piperazine rings is 1. The van der Waals surface area contributed by atoms with Gasteiger partial charge in [0.15, 0.2) is 0 Å². The zero-order valence-electron chi connectivity index (χ0n) is 14.5. The summed E-state index contributed by atoms with van der Waals surface area (Å²) in [6, 6.07) is 4.46. The summed E-state index contributed by atoms with van der Waals surface area (Å²) in [5.74, 6) is 0.473. The molecule has 2 aliphatic rings. The minimum Gasteiger partial charge on any atom is -0.352 e. The molecule has 1 atom stereocenters. The maximum atomic E-state index is 13.3. The predicted molar refractivity (Wildman–Crippen MR) is 95.2 cm³/mol. The van der Waals surface area contributed by atoms with Gasteiger partial charge in [0.2, 0.25) is 10.0 Å². The van der Waals surface area contributed by atoms with Crippen LogP contribution in [0.5, 0.6) is 0 Å². The van der Waals surface area contributed by atoms with Crippen molar-refractivity contribution in [2.45, 2.75) is 17.4 Å². The van der Waals surface area contributed by atoms with Crippen LogP contribution in [0.4, 0.5) is 0 Å². The van der Waals surface area contributed by atoms with Crippen LogP contribution in [0.3, 0.4) is 0 Å². The Morgan fingerprint density at radius 3 is 2.88 bits per heavy atom. The van der Waals surface area contributed by atoms with Gasteiger partial charge in [-0.05, 0) is 24.1 Å². The fourth-order valence-corrected chi connectivity index (χ4v) is 5.19. The zero-order chi connectivity index (χ0) is 18.3. The number of fused-ring (bicyclic) bond motifs is 1. The van der Waals surface area contributed by atoms with Crippen LogP contribution in [-0.2, 0) is 23.5 Å². The number of rotatable bonds is 3. The van der Waals surface area contributed by atoms with Crippen molar-refractivity contribution in [3.05, 3.63) is 47.5 Å². The summed E-state index contributed by atoms with van der Waals surface area (Å²) in [7, 11) is -1.90. The lowest BCUT2D eigenvalue weighted by Gasteiger charge is -2.34. The molecule has 2 aliphatic heterocycles. The topological polar surface area (TPSA) is 96.3 Å². The SMILES string of the molecule is Cn1ccnc1C1CNCCN1S(=O)(=O)c1ccc2c(c1)C(=O)NCC2. The third kappa shape index (κ3) is 2.81. The number of nitrogens with one attached hydrogen (secondary N) is 2. The second-order valence-electron chi connectivity index (χ2n) is 6.56. The highest BCUT2D eigenvalue weighted by atomic mass is 32.2. The maximum Gasteiger partial charge on any atom is 0.251 e. The van der Waals surface area contributed by atoms with E-state index in [1.165, 1.54) is 10.4 Å². The Hall–Kier alpha value is -2.23. The Bertz CT molecular complexity index is 953. The number of imidazole rings is 1. The highest BCUT2D eigenvalue weighted by Gasteiger charge is 2.37. The molecule has 0 aliphatic carbocycles. The summed E-state index contributed by atoms with van der Waals surface area (Å²) < 4.78 is 30.0. The van der Waals surface area contributed by atoms with Crippen molar-refractivity contribution in [1.82, 2.24) is 24.5 Å². The lowest BCUT2D eigenvalue weighted by molar-refractivity contribution is 0.0945. The fraction of sp³-hybridized carbons (Fsp3) is 0.412. The minimum atomic E-state index is -3.75. The van der Waals surface area contributed by atoms with E-state index in [2.05, 4.69) is 15.6 Å². The molecule has 138 valence electrons. The standard InChI is InChI=1S/C17H21N5O3S/c1-21-8-7-19-16(21)15-11-18-6-9-22(15)26(24,25)13-3-2-12-4-5-20-17(23)14(12)10-13/h2-3,7-8,10,15,18H,4-6,9,11H2,1H3,(H,20,23). The quantitative estimate of drug-likeness (QED) is 0.790. The molecule has 0 saturated carbocycles. The number of hydrogen-bond acceptors (Lipinski definition) is 5. The van der Waals surface area contributed by atoms with Crippen LogP contribution in [-0.4, -0.2) is 54.4 Å². The van der Waals surface area contributed by atoms with Crippen LogP contribution in [0.25, 0.3) is 0 Å². The van der Waals surface area contributed by atoms with Crippen molar-refractivity contribution >= 4 is 15.9 Å². The van der Waals surface area contributed by atoms with E-state index in [1.807, 2.05) is 11.6 Å². The minimum absolute atomic E-state index is 0.148. The van der Waals surface area contributed by atoms with Gasteiger partial charge in [0, 0.05) is 51.2 Å². The summed E-state index contributed by atoms with van der Waals surface area (Å²) in [6.45, 7) is 2.00. The molecule has 3 heterocycles. The molecule has 1 saturated heterocycles. The van der Waals surface area contributed by atoms with E-state index in [1.54, 1.807) is 24.5 Å². The lowest BCUT2D eigenvalue weighted by Crippen LogP contribution is -2.49. The molecule has 4 rings (SSSR count). The van der Waals surface area contributed by atoms with Crippen LogP contribution in [0.15, 0.2) is 35.5 Å². The molecule has 26 heavy (non-hydrogen) atoms. The highest BCUT2D eigenvalue weighted by Crippen LogP contribution is 2.29.